The number of aromatic amines is 1. The molecule has 104 valence electrons. The van der Waals surface area contributed by atoms with Crippen molar-refractivity contribution in [2.45, 2.75) is 26.3 Å². The third kappa shape index (κ3) is 2.34. The summed E-state index contributed by atoms with van der Waals surface area (Å²) in [7, 11) is 0. The second kappa shape index (κ2) is 5.13. The molecule has 0 radical (unpaired) electrons. The molecule has 5 nitrogen and oxygen atoms in total. The van der Waals surface area contributed by atoms with E-state index in [9.17, 15) is 0 Å². The lowest BCUT2D eigenvalue weighted by atomic mass is 10.1. The van der Waals surface area contributed by atoms with Gasteiger partial charge in [0.25, 0.3) is 0 Å². The molecule has 0 spiro atoms. The number of rotatable bonds is 4. The number of imidazole rings is 1. The Bertz CT molecular complexity index is 717. The Kier molecular flexibility index (Phi) is 3.31. The van der Waals surface area contributed by atoms with Crippen molar-refractivity contribution in [3.63, 3.8) is 0 Å². The third-order valence-corrected chi connectivity index (χ3v) is 4.19. The fourth-order valence-corrected chi connectivity index (χ4v) is 3.11. The van der Waals surface area contributed by atoms with Crippen LogP contribution < -0.4 is 11.1 Å². The molecule has 0 aliphatic heterocycles. The van der Waals surface area contributed by atoms with Gasteiger partial charge in [0, 0.05) is 12.4 Å². The number of nitrogens with one attached hydrogen (secondary N) is 2. The van der Waals surface area contributed by atoms with E-state index in [1.54, 1.807) is 17.5 Å². The fraction of sp³-hybridized carbons (Fsp3) is 0.286. The van der Waals surface area contributed by atoms with Gasteiger partial charge in [-0.25, -0.2) is 9.97 Å². The molecule has 0 bridgehead atoms. The summed E-state index contributed by atoms with van der Waals surface area (Å²) in [6, 6.07) is 4.11. The van der Waals surface area contributed by atoms with E-state index < -0.39 is 0 Å². The van der Waals surface area contributed by atoms with E-state index in [-0.39, 0.29) is 6.04 Å². The van der Waals surface area contributed by atoms with E-state index in [0.717, 1.165) is 38.8 Å². The number of hydrogen-bond donors (Lipinski definition) is 3. The van der Waals surface area contributed by atoms with Gasteiger partial charge < -0.3 is 16.0 Å². The topological polar surface area (TPSA) is 79.6 Å². The van der Waals surface area contributed by atoms with Crippen LogP contribution in [0.25, 0.3) is 10.2 Å². The van der Waals surface area contributed by atoms with Crippen LogP contribution in [0.5, 0.6) is 0 Å². The molecule has 6 heteroatoms. The van der Waals surface area contributed by atoms with Crippen LogP contribution >= 0.6 is 11.3 Å². The Balaban J connectivity index is 1.95. The summed E-state index contributed by atoms with van der Waals surface area (Å²) in [5.41, 5.74) is 8.77. The lowest BCUT2D eigenvalue weighted by Crippen LogP contribution is -2.12. The van der Waals surface area contributed by atoms with E-state index in [2.05, 4.69) is 27.2 Å². The standard InChI is InChI=1S/C14H17N5S/c1-3-10(14-16-4-5-17-14)19-11-7-12-13(6-9(11)15)20-8(2)18-12/h4-7,10,19H,3,15H2,1-2H3,(H,16,17). The largest absolute Gasteiger partial charge is 0.397 e. The van der Waals surface area contributed by atoms with Crippen LogP contribution in [-0.4, -0.2) is 15.0 Å². The molecule has 1 atom stereocenters. The van der Waals surface area contributed by atoms with Crippen LogP contribution in [0, 0.1) is 6.92 Å². The molecule has 4 N–H and O–H groups in total. The maximum Gasteiger partial charge on any atom is 0.128 e. The van der Waals surface area contributed by atoms with Gasteiger partial charge in [-0.3, -0.25) is 0 Å². The van der Waals surface area contributed by atoms with Crippen molar-refractivity contribution in [2.24, 2.45) is 0 Å². The van der Waals surface area contributed by atoms with E-state index in [1.807, 2.05) is 25.3 Å². The summed E-state index contributed by atoms with van der Waals surface area (Å²) in [5, 5.41) is 4.50. The van der Waals surface area contributed by atoms with Crippen LogP contribution in [0.15, 0.2) is 24.5 Å². The molecule has 0 saturated carbocycles. The minimum atomic E-state index is 0.115. The Morgan fingerprint density at radius 3 is 3.00 bits per heavy atom. The zero-order valence-corrected chi connectivity index (χ0v) is 12.3. The number of nitrogen functional groups attached to an aromatic ring is 1. The zero-order chi connectivity index (χ0) is 14.1. The number of benzene rings is 1. The maximum absolute atomic E-state index is 6.14. The predicted molar refractivity (Wildman–Crippen MR) is 84.0 cm³/mol. The first-order valence-corrected chi connectivity index (χ1v) is 7.41. The fourth-order valence-electron chi connectivity index (χ4n) is 2.25. The molecule has 3 aromatic rings. The normalized spacial score (nSPS) is 12.7. The number of nitrogens with two attached hydrogens (primary N) is 1. The number of fused-ring (bicyclic) bond motifs is 1. The minimum Gasteiger partial charge on any atom is -0.397 e. The first-order chi connectivity index (χ1) is 9.67. The first-order valence-electron chi connectivity index (χ1n) is 6.60. The molecule has 0 amide bonds. The molecule has 20 heavy (non-hydrogen) atoms. The second-order valence-corrected chi connectivity index (χ2v) is 5.95. The van der Waals surface area contributed by atoms with E-state index >= 15 is 0 Å². The maximum atomic E-state index is 6.14. The highest BCUT2D eigenvalue weighted by Gasteiger charge is 2.14. The molecular weight excluding hydrogens is 270 g/mol. The summed E-state index contributed by atoms with van der Waals surface area (Å²) in [5.74, 6) is 0.918. The van der Waals surface area contributed by atoms with Crippen LogP contribution in [0.4, 0.5) is 11.4 Å². The number of H-pyrrole nitrogens is 1. The van der Waals surface area contributed by atoms with Crippen molar-refractivity contribution in [1.29, 1.82) is 0 Å². The van der Waals surface area contributed by atoms with Crippen molar-refractivity contribution in [3.8, 4) is 0 Å². The lowest BCUT2D eigenvalue weighted by Gasteiger charge is -2.17. The van der Waals surface area contributed by atoms with Gasteiger partial charge >= 0.3 is 0 Å². The lowest BCUT2D eigenvalue weighted by molar-refractivity contribution is 0.704. The highest BCUT2D eigenvalue weighted by atomic mass is 32.1. The smallest absolute Gasteiger partial charge is 0.128 e. The summed E-state index contributed by atoms with van der Waals surface area (Å²) in [4.78, 5) is 12.0. The van der Waals surface area contributed by atoms with Gasteiger partial charge in [0.05, 0.1) is 32.6 Å². The molecular formula is C14H17N5S. The number of anilines is 2. The van der Waals surface area contributed by atoms with Crippen molar-refractivity contribution >= 4 is 32.9 Å². The molecule has 1 aromatic carbocycles. The minimum absolute atomic E-state index is 0.115. The average Bonchev–Trinajstić information content (AvgIpc) is 3.04. The quantitative estimate of drug-likeness (QED) is 0.642. The van der Waals surface area contributed by atoms with Gasteiger partial charge in [-0.15, -0.1) is 11.3 Å². The highest BCUT2D eigenvalue weighted by Crippen LogP contribution is 2.32. The van der Waals surface area contributed by atoms with Crippen LogP contribution in [0.1, 0.15) is 30.2 Å². The summed E-state index contributed by atoms with van der Waals surface area (Å²) in [6.07, 6.45) is 4.51. The van der Waals surface area contributed by atoms with E-state index in [4.69, 9.17) is 5.73 Å². The van der Waals surface area contributed by atoms with Crippen molar-refractivity contribution in [1.82, 2.24) is 15.0 Å². The Morgan fingerprint density at radius 1 is 1.45 bits per heavy atom. The van der Waals surface area contributed by atoms with Crippen molar-refractivity contribution in [2.75, 3.05) is 11.1 Å². The highest BCUT2D eigenvalue weighted by molar-refractivity contribution is 7.18. The zero-order valence-electron chi connectivity index (χ0n) is 11.5. The van der Waals surface area contributed by atoms with Gasteiger partial charge in [0.1, 0.15) is 5.82 Å². The Morgan fingerprint density at radius 2 is 2.30 bits per heavy atom. The Hall–Kier alpha value is -2.08. The van der Waals surface area contributed by atoms with Gasteiger partial charge in [0.2, 0.25) is 0 Å². The van der Waals surface area contributed by atoms with Crippen LogP contribution in [0.3, 0.4) is 0 Å². The van der Waals surface area contributed by atoms with Crippen LogP contribution in [-0.2, 0) is 0 Å². The SMILES string of the molecule is CCC(Nc1cc2nc(C)sc2cc1N)c1ncc[nH]1. The van der Waals surface area contributed by atoms with E-state index in [1.165, 1.54) is 0 Å². The summed E-state index contributed by atoms with van der Waals surface area (Å²) < 4.78 is 1.12. The monoisotopic (exact) mass is 287 g/mol. The van der Waals surface area contributed by atoms with Gasteiger partial charge in [0.15, 0.2) is 0 Å². The average molecular weight is 287 g/mol. The van der Waals surface area contributed by atoms with Gasteiger partial charge in [-0.05, 0) is 25.5 Å². The molecule has 0 aliphatic rings. The van der Waals surface area contributed by atoms with Gasteiger partial charge in [-0.1, -0.05) is 6.92 Å². The molecule has 0 fully saturated rings. The second-order valence-electron chi connectivity index (χ2n) is 4.72. The summed E-state index contributed by atoms with van der Waals surface area (Å²) in [6.45, 7) is 4.12. The van der Waals surface area contributed by atoms with Crippen LogP contribution in [0.2, 0.25) is 0 Å². The molecule has 0 saturated heterocycles. The molecule has 2 aromatic heterocycles. The first kappa shape index (κ1) is 12.9. The molecule has 2 heterocycles. The van der Waals surface area contributed by atoms with E-state index in [0.29, 0.717) is 0 Å². The predicted octanol–water partition coefficient (Wildman–Crippen LogP) is 3.47. The molecule has 1 unspecified atom stereocenters. The van der Waals surface area contributed by atoms with Crippen molar-refractivity contribution < 1.29 is 0 Å². The number of nitrogens with zero attached hydrogens (tertiary/aromatic N) is 2. The van der Waals surface area contributed by atoms with Crippen molar-refractivity contribution in [3.05, 3.63) is 35.4 Å². The number of hydrogen-bond acceptors (Lipinski definition) is 5. The number of aromatic nitrogens is 3. The van der Waals surface area contributed by atoms with Gasteiger partial charge in [-0.2, -0.15) is 0 Å². The number of aryl methyl sites for hydroxylation is 1. The third-order valence-electron chi connectivity index (χ3n) is 3.25. The Labute approximate surface area is 121 Å². The summed E-state index contributed by atoms with van der Waals surface area (Å²) >= 11 is 1.66. The molecule has 3 rings (SSSR count). The number of thiazole rings is 1. The molecule has 0 aliphatic carbocycles.